The minimum Gasteiger partial charge on any atom is -0.406 e. The quantitative estimate of drug-likeness (QED) is 0.577. The molecule has 32 heavy (non-hydrogen) atoms. The first-order valence-electron chi connectivity index (χ1n) is 10.1. The van der Waals surface area contributed by atoms with Gasteiger partial charge in [-0.1, -0.05) is 0 Å². The molecule has 0 aliphatic carbocycles. The topological polar surface area (TPSA) is 95.7 Å². The van der Waals surface area contributed by atoms with Crippen molar-refractivity contribution in [3.63, 3.8) is 0 Å². The van der Waals surface area contributed by atoms with Gasteiger partial charge in [-0.05, 0) is 44.0 Å². The van der Waals surface area contributed by atoms with Crippen molar-refractivity contribution in [2.24, 2.45) is 0 Å². The van der Waals surface area contributed by atoms with Crippen LogP contribution >= 0.6 is 0 Å². The molecule has 1 aliphatic heterocycles. The second-order valence-corrected chi connectivity index (χ2v) is 9.24. The van der Waals surface area contributed by atoms with Crippen molar-refractivity contribution in [1.29, 1.82) is 0 Å². The average Bonchev–Trinajstić information content (AvgIpc) is 3.07. The Kier molecular flexibility index (Phi) is 7.30. The molecular formula is C19H25F3N4O5S. The van der Waals surface area contributed by atoms with E-state index < -0.39 is 22.1 Å². The van der Waals surface area contributed by atoms with Crippen molar-refractivity contribution in [2.75, 3.05) is 26.8 Å². The van der Waals surface area contributed by atoms with E-state index in [-0.39, 0.29) is 29.6 Å². The number of methoxy groups -OCH3 is 1. The number of ether oxygens (including phenoxy) is 2. The van der Waals surface area contributed by atoms with E-state index in [0.717, 1.165) is 24.3 Å². The standard InChI is InChI=1S/C19H25F3N4O5S/c1-3-25-17(23-26(18(25)27)12-13-30-2)14-8-10-24(11-9-14)32(28,29)16-6-4-15(5-7-16)31-19(20,21)22/h4-7,14H,3,8-13H2,1-2H3. The average molecular weight is 478 g/mol. The van der Waals surface area contributed by atoms with Gasteiger partial charge >= 0.3 is 12.1 Å². The molecule has 1 aliphatic rings. The Morgan fingerprint density at radius 2 is 1.78 bits per heavy atom. The Balaban J connectivity index is 1.71. The van der Waals surface area contributed by atoms with Crippen LogP contribution in [0.3, 0.4) is 0 Å². The van der Waals surface area contributed by atoms with Crippen LogP contribution in [0.4, 0.5) is 13.2 Å². The number of halogens is 3. The molecule has 3 rings (SSSR count). The first-order valence-corrected chi connectivity index (χ1v) is 11.5. The predicted octanol–water partition coefficient (Wildman–Crippen LogP) is 2.18. The minimum absolute atomic E-state index is 0.0829. The smallest absolute Gasteiger partial charge is 0.406 e. The van der Waals surface area contributed by atoms with Crippen molar-refractivity contribution in [1.82, 2.24) is 18.7 Å². The zero-order valence-electron chi connectivity index (χ0n) is 17.7. The Labute approximate surface area is 183 Å². The maximum atomic E-state index is 12.9. The van der Waals surface area contributed by atoms with Gasteiger partial charge in [-0.15, -0.1) is 13.2 Å². The highest BCUT2D eigenvalue weighted by Crippen LogP contribution is 2.30. The van der Waals surface area contributed by atoms with E-state index in [1.165, 1.54) is 16.1 Å². The van der Waals surface area contributed by atoms with Crippen molar-refractivity contribution in [3.05, 3.63) is 40.6 Å². The van der Waals surface area contributed by atoms with Crippen molar-refractivity contribution in [3.8, 4) is 5.75 Å². The van der Waals surface area contributed by atoms with E-state index in [1.54, 1.807) is 4.57 Å². The van der Waals surface area contributed by atoms with E-state index in [0.29, 0.717) is 38.4 Å². The summed E-state index contributed by atoms with van der Waals surface area (Å²) in [5.74, 6) is 0.0523. The Morgan fingerprint density at radius 3 is 2.31 bits per heavy atom. The number of aromatic nitrogens is 3. The SMILES string of the molecule is CCn1c(C2CCN(S(=O)(=O)c3ccc(OC(F)(F)F)cc3)CC2)nn(CCOC)c1=O. The highest BCUT2D eigenvalue weighted by atomic mass is 32.2. The molecule has 0 N–H and O–H groups in total. The molecule has 1 fully saturated rings. The number of sulfonamides is 1. The van der Waals surface area contributed by atoms with Crippen LogP contribution in [-0.2, 0) is 27.8 Å². The van der Waals surface area contributed by atoms with Gasteiger partial charge in [0, 0.05) is 32.7 Å². The first-order chi connectivity index (χ1) is 15.1. The monoisotopic (exact) mass is 478 g/mol. The summed E-state index contributed by atoms with van der Waals surface area (Å²) < 4.78 is 75.7. The molecule has 0 atom stereocenters. The zero-order valence-corrected chi connectivity index (χ0v) is 18.5. The minimum atomic E-state index is -4.85. The Hall–Kier alpha value is -2.38. The van der Waals surface area contributed by atoms with Crippen molar-refractivity contribution >= 4 is 10.0 Å². The van der Waals surface area contributed by atoms with Gasteiger partial charge in [-0.3, -0.25) is 4.57 Å². The lowest BCUT2D eigenvalue weighted by atomic mass is 9.97. The number of alkyl halides is 3. The van der Waals surface area contributed by atoms with E-state index in [4.69, 9.17) is 4.74 Å². The van der Waals surface area contributed by atoms with Gasteiger partial charge in [0.15, 0.2) is 0 Å². The summed E-state index contributed by atoms with van der Waals surface area (Å²) in [4.78, 5) is 12.4. The fourth-order valence-electron chi connectivity index (χ4n) is 3.70. The van der Waals surface area contributed by atoms with Crippen molar-refractivity contribution < 1.29 is 31.1 Å². The lowest BCUT2D eigenvalue weighted by Gasteiger charge is -2.30. The fraction of sp³-hybridized carbons (Fsp3) is 0.579. The van der Waals surface area contributed by atoms with E-state index in [2.05, 4.69) is 9.84 Å². The number of piperidine rings is 1. The molecule has 1 saturated heterocycles. The largest absolute Gasteiger partial charge is 0.573 e. The van der Waals surface area contributed by atoms with Crippen LogP contribution in [0.1, 0.15) is 31.5 Å². The molecule has 13 heteroatoms. The fourth-order valence-corrected chi connectivity index (χ4v) is 5.17. The molecule has 2 aromatic rings. The molecule has 1 aromatic carbocycles. The summed E-state index contributed by atoms with van der Waals surface area (Å²) in [5, 5.41) is 4.44. The number of hydrogen-bond acceptors (Lipinski definition) is 6. The molecule has 178 valence electrons. The summed E-state index contributed by atoms with van der Waals surface area (Å²) in [6.45, 7) is 3.39. The van der Waals surface area contributed by atoms with Crippen LogP contribution in [-0.4, -0.2) is 60.2 Å². The number of rotatable bonds is 8. The van der Waals surface area contributed by atoms with Crippen LogP contribution in [0, 0.1) is 0 Å². The van der Waals surface area contributed by atoms with Gasteiger partial charge in [-0.2, -0.15) is 9.40 Å². The van der Waals surface area contributed by atoms with Crippen LogP contribution in [0.15, 0.2) is 34.0 Å². The second-order valence-electron chi connectivity index (χ2n) is 7.30. The summed E-state index contributed by atoms with van der Waals surface area (Å²) in [6, 6.07) is 4.13. The number of hydrogen-bond donors (Lipinski definition) is 0. The number of nitrogens with zero attached hydrogens (tertiary/aromatic N) is 4. The van der Waals surface area contributed by atoms with Crippen LogP contribution < -0.4 is 10.4 Å². The first kappa shape index (κ1) is 24.3. The Bertz CT molecular complexity index is 1070. The molecule has 0 saturated carbocycles. The summed E-state index contributed by atoms with van der Waals surface area (Å²) in [6.07, 6.45) is -3.91. The van der Waals surface area contributed by atoms with Crippen LogP contribution in [0.25, 0.3) is 0 Å². The lowest BCUT2D eigenvalue weighted by Crippen LogP contribution is -2.38. The van der Waals surface area contributed by atoms with Gasteiger partial charge in [0.25, 0.3) is 0 Å². The summed E-state index contributed by atoms with van der Waals surface area (Å²) >= 11 is 0. The molecule has 0 radical (unpaired) electrons. The van der Waals surface area contributed by atoms with Crippen LogP contribution in [0.2, 0.25) is 0 Å². The van der Waals surface area contributed by atoms with Gasteiger partial charge in [0.05, 0.1) is 18.0 Å². The molecule has 9 nitrogen and oxygen atoms in total. The maximum Gasteiger partial charge on any atom is 0.573 e. The van der Waals surface area contributed by atoms with Gasteiger partial charge < -0.3 is 9.47 Å². The third-order valence-electron chi connectivity index (χ3n) is 5.29. The maximum absolute atomic E-state index is 12.9. The normalized spacial score (nSPS) is 16.4. The van der Waals surface area contributed by atoms with E-state index in [1.807, 2.05) is 6.92 Å². The third kappa shape index (κ3) is 5.33. The molecule has 0 bridgehead atoms. The van der Waals surface area contributed by atoms with Crippen molar-refractivity contribution in [2.45, 2.75) is 50.0 Å². The molecule has 0 unspecified atom stereocenters. The van der Waals surface area contributed by atoms with E-state index in [9.17, 15) is 26.4 Å². The zero-order chi connectivity index (χ0) is 23.5. The number of benzene rings is 1. The highest BCUT2D eigenvalue weighted by Gasteiger charge is 2.34. The van der Waals surface area contributed by atoms with E-state index >= 15 is 0 Å². The van der Waals surface area contributed by atoms with Gasteiger partial charge in [0.1, 0.15) is 11.6 Å². The highest BCUT2D eigenvalue weighted by molar-refractivity contribution is 7.89. The third-order valence-corrected chi connectivity index (χ3v) is 7.20. The lowest BCUT2D eigenvalue weighted by molar-refractivity contribution is -0.274. The van der Waals surface area contributed by atoms with Gasteiger partial charge in [-0.25, -0.2) is 17.9 Å². The summed E-state index contributed by atoms with van der Waals surface area (Å²) in [5.41, 5.74) is -0.226. The molecule has 2 heterocycles. The molecule has 1 aromatic heterocycles. The van der Waals surface area contributed by atoms with Crippen LogP contribution in [0.5, 0.6) is 5.75 Å². The molecule has 0 spiro atoms. The summed E-state index contributed by atoms with van der Waals surface area (Å²) in [7, 11) is -2.34. The Morgan fingerprint density at radius 1 is 1.16 bits per heavy atom. The molecular weight excluding hydrogens is 453 g/mol. The molecule has 0 amide bonds. The predicted molar refractivity (Wildman–Crippen MR) is 108 cm³/mol. The van der Waals surface area contributed by atoms with Gasteiger partial charge in [0.2, 0.25) is 10.0 Å². The second kappa shape index (κ2) is 9.63.